The molecule has 0 bridgehead atoms. The van der Waals surface area contributed by atoms with Crippen LogP contribution in [0.3, 0.4) is 0 Å². The van der Waals surface area contributed by atoms with Crippen molar-refractivity contribution in [3.05, 3.63) is 0 Å². The van der Waals surface area contributed by atoms with Gasteiger partial charge < -0.3 is 19.3 Å². The molecule has 0 aromatic carbocycles. The van der Waals surface area contributed by atoms with E-state index in [9.17, 15) is 9.59 Å². The summed E-state index contributed by atoms with van der Waals surface area (Å²) in [6, 6.07) is 0. The Morgan fingerprint density at radius 1 is 0.952 bits per heavy atom. The maximum atomic E-state index is 11.9. The van der Waals surface area contributed by atoms with Crippen LogP contribution in [0.2, 0.25) is 0 Å². The molecule has 1 rings (SSSR count). The number of nitrogens with zero attached hydrogens (tertiary/aromatic N) is 2. The fourth-order valence-electron chi connectivity index (χ4n) is 2.00. The lowest BCUT2D eigenvalue weighted by atomic mass is 10.2. The summed E-state index contributed by atoms with van der Waals surface area (Å²) < 4.78 is 10.5. The molecule has 0 unspecified atom stereocenters. The zero-order chi connectivity index (χ0) is 15.9. The molecule has 1 heterocycles. The quantitative estimate of drug-likeness (QED) is 0.749. The lowest BCUT2D eigenvalue weighted by Crippen LogP contribution is -2.51. The van der Waals surface area contributed by atoms with Gasteiger partial charge >= 0.3 is 12.2 Å². The highest BCUT2D eigenvalue weighted by molar-refractivity contribution is 5.70. The lowest BCUT2D eigenvalue weighted by Gasteiger charge is -2.35. The van der Waals surface area contributed by atoms with Gasteiger partial charge in [0.15, 0.2) is 0 Å². The molecule has 0 spiro atoms. The fraction of sp³-hybridized carbons (Fsp3) is 0.867. The van der Waals surface area contributed by atoms with E-state index in [-0.39, 0.29) is 12.2 Å². The van der Waals surface area contributed by atoms with Gasteiger partial charge in [0, 0.05) is 26.2 Å². The molecular weight excluding hydrogens is 272 g/mol. The minimum absolute atomic E-state index is 0.282. The van der Waals surface area contributed by atoms with Gasteiger partial charge in [-0.3, -0.25) is 0 Å². The molecule has 0 atom stereocenters. The number of piperazine rings is 1. The van der Waals surface area contributed by atoms with Gasteiger partial charge in [-0.1, -0.05) is 19.8 Å². The SMILES string of the molecule is CCCCCOC(=O)N1CCN(C(=O)OC(C)(C)C)CC1. The van der Waals surface area contributed by atoms with E-state index in [0.717, 1.165) is 19.3 Å². The molecule has 0 aliphatic carbocycles. The molecule has 0 aromatic rings. The van der Waals surface area contributed by atoms with Crippen LogP contribution in [0.15, 0.2) is 0 Å². The summed E-state index contributed by atoms with van der Waals surface area (Å²) in [5.74, 6) is 0. The molecule has 2 amide bonds. The summed E-state index contributed by atoms with van der Waals surface area (Å²) in [6.45, 7) is 10.1. The van der Waals surface area contributed by atoms with E-state index in [1.165, 1.54) is 0 Å². The van der Waals surface area contributed by atoms with Crippen molar-refractivity contribution in [1.29, 1.82) is 0 Å². The molecule has 21 heavy (non-hydrogen) atoms. The zero-order valence-electron chi connectivity index (χ0n) is 13.7. The Balaban J connectivity index is 2.28. The number of carbonyl (C=O) groups excluding carboxylic acids is 2. The standard InChI is InChI=1S/C15H28N2O4/c1-5-6-7-12-20-13(18)16-8-10-17(11-9-16)14(19)21-15(2,3)4/h5-12H2,1-4H3. The van der Waals surface area contributed by atoms with Crippen molar-refractivity contribution in [3.8, 4) is 0 Å². The van der Waals surface area contributed by atoms with Crippen molar-refractivity contribution >= 4 is 12.2 Å². The van der Waals surface area contributed by atoms with E-state index in [0.29, 0.717) is 32.8 Å². The molecule has 6 nitrogen and oxygen atoms in total. The lowest BCUT2D eigenvalue weighted by molar-refractivity contribution is 0.0129. The second-order valence-electron chi connectivity index (χ2n) is 6.28. The number of ether oxygens (including phenoxy) is 2. The first-order valence-corrected chi connectivity index (χ1v) is 7.73. The fourth-order valence-corrected chi connectivity index (χ4v) is 2.00. The Bertz CT molecular complexity index is 344. The Morgan fingerprint density at radius 3 is 1.95 bits per heavy atom. The molecule has 1 fully saturated rings. The van der Waals surface area contributed by atoms with Crippen molar-refractivity contribution in [2.45, 2.75) is 52.6 Å². The van der Waals surface area contributed by atoms with Gasteiger partial charge in [-0.05, 0) is 27.2 Å². The zero-order valence-corrected chi connectivity index (χ0v) is 13.7. The topological polar surface area (TPSA) is 59.1 Å². The van der Waals surface area contributed by atoms with Crippen LogP contribution in [0.1, 0.15) is 47.0 Å². The Kier molecular flexibility index (Phi) is 6.78. The number of carbonyl (C=O) groups is 2. The summed E-state index contributed by atoms with van der Waals surface area (Å²) >= 11 is 0. The van der Waals surface area contributed by atoms with Crippen LogP contribution >= 0.6 is 0 Å². The molecule has 0 saturated carbocycles. The van der Waals surface area contributed by atoms with Gasteiger partial charge in [0.2, 0.25) is 0 Å². The third-order valence-corrected chi connectivity index (χ3v) is 3.16. The highest BCUT2D eigenvalue weighted by Gasteiger charge is 2.28. The van der Waals surface area contributed by atoms with E-state index in [2.05, 4.69) is 6.92 Å². The largest absolute Gasteiger partial charge is 0.449 e. The van der Waals surface area contributed by atoms with Gasteiger partial charge in [0.05, 0.1) is 6.61 Å². The minimum Gasteiger partial charge on any atom is -0.449 e. The van der Waals surface area contributed by atoms with Crippen LogP contribution in [0, 0.1) is 0 Å². The Hall–Kier alpha value is -1.46. The predicted molar refractivity (Wildman–Crippen MR) is 80.3 cm³/mol. The molecule has 122 valence electrons. The van der Waals surface area contributed by atoms with Crippen LogP contribution in [0.25, 0.3) is 0 Å². The number of amides is 2. The smallest absolute Gasteiger partial charge is 0.410 e. The first-order valence-electron chi connectivity index (χ1n) is 7.73. The molecule has 1 aliphatic heterocycles. The summed E-state index contributed by atoms with van der Waals surface area (Å²) in [6.07, 6.45) is 2.47. The first kappa shape index (κ1) is 17.6. The van der Waals surface area contributed by atoms with Gasteiger partial charge in [0.1, 0.15) is 5.60 Å². The van der Waals surface area contributed by atoms with E-state index in [1.54, 1.807) is 9.80 Å². The maximum absolute atomic E-state index is 11.9. The Labute approximate surface area is 127 Å². The average Bonchev–Trinajstić information content (AvgIpc) is 2.41. The number of rotatable bonds is 4. The molecule has 0 radical (unpaired) electrons. The van der Waals surface area contributed by atoms with Crippen molar-refractivity contribution < 1.29 is 19.1 Å². The van der Waals surface area contributed by atoms with Crippen molar-refractivity contribution in [3.63, 3.8) is 0 Å². The third-order valence-electron chi connectivity index (χ3n) is 3.16. The molecule has 1 saturated heterocycles. The molecular formula is C15H28N2O4. The molecule has 1 aliphatic rings. The third kappa shape index (κ3) is 6.69. The maximum Gasteiger partial charge on any atom is 0.410 e. The van der Waals surface area contributed by atoms with Gasteiger partial charge in [0.25, 0.3) is 0 Å². The van der Waals surface area contributed by atoms with E-state index in [4.69, 9.17) is 9.47 Å². The number of unbranched alkanes of at least 4 members (excludes halogenated alkanes) is 2. The summed E-state index contributed by atoms with van der Waals surface area (Å²) in [5, 5.41) is 0. The van der Waals surface area contributed by atoms with Crippen LogP contribution in [0.5, 0.6) is 0 Å². The average molecular weight is 300 g/mol. The van der Waals surface area contributed by atoms with E-state index < -0.39 is 5.60 Å². The van der Waals surface area contributed by atoms with Crippen molar-refractivity contribution in [2.75, 3.05) is 32.8 Å². The van der Waals surface area contributed by atoms with Crippen LogP contribution in [-0.4, -0.2) is 60.4 Å². The van der Waals surface area contributed by atoms with Crippen LogP contribution in [0.4, 0.5) is 9.59 Å². The van der Waals surface area contributed by atoms with Crippen LogP contribution < -0.4 is 0 Å². The van der Waals surface area contributed by atoms with Crippen molar-refractivity contribution in [1.82, 2.24) is 9.80 Å². The Morgan fingerprint density at radius 2 is 1.48 bits per heavy atom. The minimum atomic E-state index is -0.494. The number of hydrogen-bond donors (Lipinski definition) is 0. The van der Waals surface area contributed by atoms with E-state index >= 15 is 0 Å². The summed E-state index contributed by atoms with van der Waals surface area (Å²) in [5.41, 5.74) is -0.494. The number of hydrogen-bond acceptors (Lipinski definition) is 4. The van der Waals surface area contributed by atoms with Gasteiger partial charge in [-0.25, -0.2) is 9.59 Å². The molecule has 6 heteroatoms. The van der Waals surface area contributed by atoms with Crippen molar-refractivity contribution in [2.24, 2.45) is 0 Å². The van der Waals surface area contributed by atoms with E-state index in [1.807, 2.05) is 20.8 Å². The normalized spacial score (nSPS) is 15.8. The molecule has 0 N–H and O–H groups in total. The summed E-state index contributed by atoms with van der Waals surface area (Å²) in [4.78, 5) is 27.0. The predicted octanol–water partition coefficient (Wildman–Crippen LogP) is 2.87. The van der Waals surface area contributed by atoms with Gasteiger partial charge in [-0.15, -0.1) is 0 Å². The molecule has 0 aromatic heterocycles. The summed E-state index contributed by atoms with van der Waals surface area (Å²) in [7, 11) is 0. The first-order chi connectivity index (χ1) is 9.83. The van der Waals surface area contributed by atoms with Crippen LogP contribution in [-0.2, 0) is 9.47 Å². The second kappa shape index (κ2) is 8.10. The monoisotopic (exact) mass is 300 g/mol. The van der Waals surface area contributed by atoms with Gasteiger partial charge in [-0.2, -0.15) is 0 Å². The highest BCUT2D eigenvalue weighted by Crippen LogP contribution is 2.12. The second-order valence-corrected chi connectivity index (χ2v) is 6.28. The highest BCUT2D eigenvalue weighted by atomic mass is 16.6.